The largest absolute Gasteiger partial charge is 0.507 e. The van der Waals surface area contributed by atoms with Crippen LogP contribution in [-0.4, -0.2) is 55.6 Å². The Labute approximate surface area is 182 Å². The van der Waals surface area contributed by atoms with Crippen molar-refractivity contribution in [3.8, 4) is 34.0 Å². The number of aromatic amines is 1. The summed E-state index contributed by atoms with van der Waals surface area (Å²) in [6.07, 6.45) is 4.56. The number of aromatic hydroxyl groups is 1. The molecule has 8 heteroatoms. The first-order chi connectivity index (χ1) is 13.9. The Balaban J connectivity index is 0.00000256. The smallest absolute Gasteiger partial charge is 0.233 e. The van der Waals surface area contributed by atoms with E-state index in [0.29, 0.717) is 23.1 Å². The quantitative estimate of drug-likeness (QED) is 0.647. The van der Waals surface area contributed by atoms with Crippen LogP contribution in [0.1, 0.15) is 27.2 Å². The third-order valence-electron chi connectivity index (χ3n) is 6.42. The Hall–Kier alpha value is -2.64. The number of benzene rings is 1. The van der Waals surface area contributed by atoms with Crippen LogP contribution in [-0.2, 0) is 0 Å². The highest BCUT2D eigenvalue weighted by Crippen LogP contribution is 2.35. The van der Waals surface area contributed by atoms with Gasteiger partial charge in [0.15, 0.2) is 0 Å². The highest BCUT2D eigenvalue weighted by Gasteiger charge is 2.40. The Morgan fingerprint density at radius 2 is 1.97 bits per heavy atom. The number of phenolic OH excluding ortho intramolecular Hbond substituents is 1. The molecule has 1 aliphatic heterocycles. The lowest BCUT2D eigenvalue weighted by Gasteiger charge is -2.48. The molecule has 0 saturated carbocycles. The highest BCUT2D eigenvalue weighted by atomic mass is 35.5. The van der Waals surface area contributed by atoms with Crippen LogP contribution in [0.3, 0.4) is 0 Å². The third kappa shape index (κ3) is 4.13. The van der Waals surface area contributed by atoms with E-state index in [2.05, 4.69) is 53.1 Å². The number of aromatic nitrogens is 4. The summed E-state index contributed by atoms with van der Waals surface area (Å²) in [5.41, 5.74) is 3.10. The maximum Gasteiger partial charge on any atom is 0.233 e. The molecular weight excluding hydrogens is 402 g/mol. The zero-order valence-electron chi connectivity index (χ0n) is 17.7. The second kappa shape index (κ2) is 8.62. The van der Waals surface area contributed by atoms with E-state index >= 15 is 0 Å². The molecule has 1 aliphatic rings. The van der Waals surface area contributed by atoms with Crippen LogP contribution in [0.5, 0.6) is 11.6 Å². The number of phenols is 1. The van der Waals surface area contributed by atoms with Gasteiger partial charge < -0.3 is 14.7 Å². The molecule has 0 aliphatic carbocycles. The second-order valence-corrected chi connectivity index (χ2v) is 8.28. The zero-order valence-corrected chi connectivity index (χ0v) is 18.5. The molecule has 0 bridgehead atoms. The SMILES string of the molecule is CC1C(Oc2ccc(-c3ccc(-c4cn[nH]c4)cc3O)nn2)CCN(C)C1(C)C.Cl. The van der Waals surface area contributed by atoms with Gasteiger partial charge in [-0.25, -0.2) is 0 Å². The lowest BCUT2D eigenvalue weighted by atomic mass is 9.79. The van der Waals surface area contributed by atoms with Gasteiger partial charge in [-0.05, 0) is 51.1 Å². The fraction of sp³-hybridized carbons (Fsp3) is 0.409. The molecule has 4 rings (SSSR count). The lowest BCUT2D eigenvalue weighted by molar-refractivity contribution is -0.0301. The number of nitrogens with zero attached hydrogens (tertiary/aromatic N) is 4. The summed E-state index contributed by atoms with van der Waals surface area (Å²) in [5, 5.41) is 25.7. The Morgan fingerprint density at radius 1 is 1.17 bits per heavy atom. The topological polar surface area (TPSA) is 87.2 Å². The summed E-state index contributed by atoms with van der Waals surface area (Å²) in [4.78, 5) is 2.38. The molecule has 160 valence electrons. The van der Waals surface area contributed by atoms with Crippen molar-refractivity contribution in [2.45, 2.75) is 38.8 Å². The van der Waals surface area contributed by atoms with Crippen LogP contribution in [0.25, 0.3) is 22.4 Å². The van der Waals surface area contributed by atoms with Crippen molar-refractivity contribution in [1.82, 2.24) is 25.3 Å². The first kappa shape index (κ1) is 22.1. The summed E-state index contributed by atoms with van der Waals surface area (Å²) in [5.74, 6) is 1.03. The van der Waals surface area contributed by atoms with Crippen LogP contribution in [0, 0.1) is 5.92 Å². The van der Waals surface area contributed by atoms with Crippen molar-refractivity contribution in [2.75, 3.05) is 13.6 Å². The van der Waals surface area contributed by atoms with E-state index in [-0.39, 0.29) is 29.8 Å². The first-order valence-corrected chi connectivity index (χ1v) is 9.90. The normalized spacial score (nSPS) is 21.1. The minimum absolute atomic E-state index is 0. The number of likely N-dealkylation sites (tertiary alicyclic amines) is 1. The average Bonchev–Trinajstić information content (AvgIpc) is 3.24. The monoisotopic (exact) mass is 429 g/mol. The van der Waals surface area contributed by atoms with Gasteiger partial charge in [-0.2, -0.15) is 5.10 Å². The Bertz CT molecular complexity index is 976. The van der Waals surface area contributed by atoms with E-state index in [0.717, 1.165) is 24.1 Å². The molecule has 1 aromatic carbocycles. The molecule has 2 atom stereocenters. The molecule has 0 radical (unpaired) electrons. The number of ether oxygens (including phenoxy) is 1. The van der Waals surface area contributed by atoms with E-state index in [1.807, 2.05) is 24.3 Å². The summed E-state index contributed by atoms with van der Waals surface area (Å²) < 4.78 is 6.17. The molecular formula is C22H28ClN5O2. The van der Waals surface area contributed by atoms with Crippen molar-refractivity contribution < 1.29 is 9.84 Å². The fourth-order valence-corrected chi connectivity index (χ4v) is 3.84. The molecule has 2 unspecified atom stereocenters. The zero-order chi connectivity index (χ0) is 20.6. The van der Waals surface area contributed by atoms with E-state index in [4.69, 9.17) is 4.74 Å². The molecule has 30 heavy (non-hydrogen) atoms. The first-order valence-electron chi connectivity index (χ1n) is 9.90. The van der Waals surface area contributed by atoms with Crippen LogP contribution in [0.15, 0.2) is 42.7 Å². The summed E-state index contributed by atoms with van der Waals surface area (Å²) in [6.45, 7) is 7.71. The van der Waals surface area contributed by atoms with Crippen LogP contribution >= 0.6 is 12.4 Å². The van der Waals surface area contributed by atoms with E-state index in [1.165, 1.54) is 0 Å². The third-order valence-corrected chi connectivity index (χ3v) is 6.42. The molecule has 2 aromatic heterocycles. The van der Waals surface area contributed by atoms with Gasteiger partial charge in [0.1, 0.15) is 11.9 Å². The number of H-pyrrole nitrogens is 1. The van der Waals surface area contributed by atoms with Crippen molar-refractivity contribution in [1.29, 1.82) is 0 Å². The Morgan fingerprint density at radius 3 is 2.60 bits per heavy atom. The van der Waals surface area contributed by atoms with Crippen LogP contribution < -0.4 is 4.74 Å². The highest BCUT2D eigenvalue weighted by molar-refractivity contribution is 5.85. The fourth-order valence-electron chi connectivity index (χ4n) is 3.84. The number of halogens is 1. The summed E-state index contributed by atoms with van der Waals surface area (Å²) >= 11 is 0. The maximum atomic E-state index is 10.5. The molecule has 0 spiro atoms. The molecule has 3 heterocycles. The number of nitrogens with one attached hydrogen (secondary N) is 1. The van der Waals surface area contributed by atoms with E-state index in [9.17, 15) is 5.11 Å². The van der Waals surface area contributed by atoms with Crippen LogP contribution in [0.4, 0.5) is 0 Å². The lowest BCUT2D eigenvalue weighted by Crippen LogP contribution is -2.56. The van der Waals surface area contributed by atoms with Gasteiger partial charge in [0, 0.05) is 41.4 Å². The van der Waals surface area contributed by atoms with Gasteiger partial charge in [0.05, 0.1) is 11.9 Å². The average molecular weight is 430 g/mol. The summed E-state index contributed by atoms with van der Waals surface area (Å²) in [7, 11) is 2.16. The van der Waals surface area contributed by atoms with Crippen molar-refractivity contribution in [2.24, 2.45) is 5.92 Å². The molecule has 3 aromatic rings. The number of rotatable bonds is 4. The minimum Gasteiger partial charge on any atom is -0.507 e. The number of hydrogen-bond donors (Lipinski definition) is 2. The van der Waals surface area contributed by atoms with Gasteiger partial charge in [-0.15, -0.1) is 22.6 Å². The Kier molecular flexibility index (Phi) is 6.33. The number of piperidine rings is 1. The van der Waals surface area contributed by atoms with E-state index in [1.54, 1.807) is 18.5 Å². The second-order valence-electron chi connectivity index (χ2n) is 8.28. The molecule has 0 amide bonds. The minimum atomic E-state index is 0. The van der Waals surface area contributed by atoms with Gasteiger partial charge in [-0.1, -0.05) is 13.0 Å². The van der Waals surface area contributed by atoms with Gasteiger partial charge in [0.25, 0.3) is 0 Å². The molecule has 1 fully saturated rings. The van der Waals surface area contributed by atoms with Gasteiger partial charge in [-0.3, -0.25) is 5.10 Å². The van der Waals surface area contributed by atoms with Crippen molar-refractivity contribution >= 4 is 12.4 Å². The predicted octanol–water partition coefficient (Wildman–Crippen LogP) is 4.16. The summed E-state index contributed by atoms with van der Waals surface area (Å²) in [6, 6.07) is 9.12. The van der Waals surface area contributed by atoms with E-state index < -0.39 is 0 Å². The molecule has 2 N–H and O–H groups in total. The molecule has 1 saturated heterocycles. The van der Waals surface area contributed by atoms with Crippen molar-refractivity contribution in [3.63, 3.8) is 0 Å². The predicted molar refractivity (Wildman–Crippen MR) is 119 cm³/mol. The van der Waals surface area contributed by atoms with Crippen LogP contribution in [0.2, 0.25) is 0 Å². The van der Waals surface area contributed by atoms with Crippen molar-refractivity contribution in [3.05, 3.63) is 42.7 Å². The maximum absolute atomic E-state index is 10.5. The van der Waals surface area contributed by atoms with Gasteiger partial charge >= 0.3 is 0 Å². The van der Waals surface area contributed by atoms with Gasteiger partial charge in [0.2, 0.25) is 5.88 Å². The number of hydrogen-bond acceptors (Lipinski definition) is 6. The standard InChI is InChI=1S/C22H27N5O2.ClH/c1-14-20(9-10-27(4)22(14,2)3)29-21-8-7-18(25-26-21)17-6-5-15(11-19(17)28)16-12-23-24-13-16;/h5-8,11-14,20,28H,9-10H2,1-4H3,(H,23,24);1H. The molecule has 7 nitrogen and oxygen atoms in total.